The first kappa shape index (κ1) is 12.0. The van der Waals surface area contributed by atoms with Crippen molar-refractivity contribution in [2.75, 3.05) is 5.32 Å². The summed E-state index contributed by atoms with van der Waals surface area (Å²) in [5, 5.41) is 12.2. The number of amides is 1. The summed E-state index contributed by atoms with van der Waals surface area (Å²) >= 11 is 0. The number of nitrogens with one attached hydrogen (secondary N) is 1. The molecule has 2 atom stereocenters. The predicted molar refractivity (Wildman–Crippen MR) is 63.1 cm³/mol. The topological polar surface area (TPSA) is 49.3 Å². The molecule has 2 unspecified atom stereocenters. The summed E-state index contributed by atoms with van der Waals surface area (Å²) < 4.78 is 13.4. The Morgan fingerprint density at radius 2 is 2.24 bits per heavy atom. The molecule has 1 aliphatic rings. The van der Waals surface area contributed by atoms with Gasteiger partial charge in [0.25, 0.3) is 0 Å². The molecule has 0 aliphatic heterocycles. The van der Waals surface area contributed by atoms with Gasteiger partial charge in [0.1, 0.15) is 5.82 Å². The maximum Gasteiger partial charge on any atom is 0.230 e. The van der Waals surface area contributed by atoms with Crippen LogP contribution in [0, 0.1) is 18.7 Å². The number of benzene rings is 1. The van der Waals surface area contributed by atoms with Gasteiger partial charge in [0.15, 0.2) is 0 Å². The van der Waals surface area contributed by atoms with Crippen molar-refractivity contribution in [1.29, 1.82) is 0 Å². The zero-order valence-corrected chi connectivity index (χ0v) is 9.74. The molecule has 3 nitrogen and oxygen atoms in total. The van der Waals surface area contributed by atoms with Crippen LogP contribution in [0.3, 0.4) is 0 Å². The lowest BCUT2D eigenvalue weighted by Crippen LogP contribution is -2.29. The van der Waals surface area contributed by atoms with Crippen molar-refractivity contribution in [2.45, 2.75) is 32.3 Å². The molecule has 0 bridgehead atoms. The van der Waals surface area contributed by atoms with Gasteiger partial charge in [-0.25, -0.2) is 4.39 Å². The number of anilines is 1. The lowest BCUT2D eigenvalue weighted by molar-refractivity contribution is -0.122. The van der Waals surface area contributed by atoms with E-state index in [9.17, 15) is 14.3 Å². The molecule has 0 spiro atoms. The fraction of sp³-hybridized carbons (Fsp3) is 0.462. The van der Waals surface area contributed by atoms with Crippen LogP contribution >= 0.6 is 0 Å². The Hall–Kier alpha value is -1.42. The van der Waals surface area contributed by atoms with Crippen LogP contribution < -0.4 is 5.32 Å². The van der Waals surface area contributed by atoms with Gasteiger partial charge in [-0.3, -0.25) is 4.79 Å². The summed E-state index contributed by atoms with van der Waals surface area (Å²) in [6, 6.07) is 4.57. The second-order valence-corrected chi connectivity index (χ2v) is 4.58. The van der Waals surface area contributed by atoms with Gasteiger partial charge >= 0.3 is 0 Å². The molecule has 17 heavy (non-hydrogen) atoms. The van der Waals surface area contributed by atoms with Gasteiger partial charge in [-0.1, -0.05) is 6.07 Å². The lowest BCUT2D eigenvalue weighted by Gasteiger charge is -2.15. The SMILES string of the molecule is Cc1ccc(F)c(NC(=O)C2CCCC2O)c1. The minimum Gasteiger partial charge on any atom is -0.392 e. The van der Waals surface area contributed by atoms with Gasteiger partial charge < -0.3 is 10.4 Å². The number of aryl methyl sites for hydroxylation is 1. The second kappa shape index (κ2) is 4.84. The number of carbonyl (C=O) groups excluding carboxylic acids is 1. The summed E-state index contributed by atoms with van der Waals surface area (Å²) in [5.41, 5.74) is 1.07. The highest BCUT2D eigenvalue weighted by molar-refractivity contribution is 5.93. The third kappa shape index (κ3) is 2.64. The normalized spacial score (nSPS) is 23.7. The minimum absolute atomic E-state index is 0.189. The van der Waals surface area contributed by atoms with Gasteiger partial charge in [-0.15, -0.1) is 0 Å². The maximum absolute atomic E-state index is 13.4. The first-order valence-corrected chi connectivity index (χ1v) is 5.83. The van der Waals surface area contributed by atoms with Gasteiger partial charge in [0.05, 0.1) is 17.7 Å². The van der Waals surface area contributed by atoms with E-state index < -0.39 is 17.8 Å². The zero-order chi connectivity index (χ0) is 12.4. The van der Waals surface area contributed by atoms with Crippen molar-refractivity contribution < 1.29 is 14.3 Å². The number of hydrogen-bond donors (Lipinski definition) is 2. The summed E-state index contributed by atoms with van der Waals surface area (Å²) in [7, 11) is 0. The Morgan fingerprint density at radius 1 is 1.47 bits per heavy atom. The fourth-order valence-corrected chi connectivity index (χ4v) is 2.21. The van der Waals surface area contributed by atoms with Crippen LogP contribution in [0.5, 0.6) is 0 Å². The Balaban J connectivity index is 2.10. The average Bonchev–Trinajstić information content (AvgIpc) is 2.70. The van der Waals surface area contributed by atoms with Crippen LogP contribution in [0.1, 0.15) is 24.8 Å². The zero-order valence-electron chi connectivity index (χ0n) is 9.74. The van der Waals surface area contributed by atoms with Gasteiger partial charge in [0.2, 0.25) is 5.91 Å². The number of aliphatic hydroxyl groups is 1. The lowest BCUT2D eigenvalue weighted by atomic mass is 10.1. The van der Waals surface area contributed by atoms with Gasteiger partial charge in [-0.05, 0) is 43.9 Å². The molecule has 0 radical (unpaired) electrons. The van der Waals surface area contributed by atoms with Crippen LogP contribution in [-0.2, 0) is 4.79 Å². The van der Waals surface area contributed by atoms with Crippen LogP contribution in [0.25, 0.3) is 0 Å². The van der Waals surface area contributed by atoms with Crippen LogP contribution in [0.4, 0.5) is 10.1 Å². The van der Waals surface area contributed by atoms with Crippen LogP contribution in [-0.4, -0.2) is 17.1 Å². The Kier molecular flexibility index (Phi) is 3.43. The number of aliphatic hydroxyl groups excluding tert-OH is 1. The summed E-state index contributed by atoms with van der Waals surface area (Å²) in [5.74, 6) is -1.15. The van der Waals surface area contributed by atoms with Crippen molar-refractivity contribution in [1.82, 2.24) is 0 Å². The maximum atomic E-state index is 13.4. The van der Waals surface area contributed by atoms with E-state index in [0.29, 0.717) is 12.8 Å². The van der Waals surface area contributed by atoms with Gasteiger partial charge in [0, 0.05) is 0 Å². The fourth-order valence-electron chi connectivity index (χ4n) is 2.21. The average molecular weight is 237 g/mol. The number of rotatable bonds is 2. The summed E-state index contributed by atoms with van der Waals surface area (Å²) in [6.07, 6.45) is 1.56. The van der Waals surface area contributed by atoms with Gasteiger partial charge in [-0.2, -0.15) is 0 Å². The molecular weight excluding hydrogens is 221 g/mol. The highest BCUT2D eigenvalue weighted by Gasteiger charge is 2.31. The molecule has 2 rings (SSSR count). The summed E-state index contributed by atoms with van der Waals surface area (Å²) in [4.78, 5) is 11.9. The van der Waals surface area contributed by atoms with E-state index in [2.05, 4.69) is 5.32 Å². The third-order valence-corrected chi connectivity index (χ3v) is 3.20. The smallest absolute Gasteiger partial charge is 0.230 e. The highest BCUT2D eigenvalue weighted by atomic mass is 19.1. The molecule has 2 N–H and O–H groups in total. The molecule has 92 valence electrons. The molecule has 1 fully saturated rings. The van der Waals surface area contributed by atoms with Crippen molar-refractivity contribution in [3.8, 4) is 0 Å². The molecule has 0 heterocycles. The monoisotopic (exact) mass is 237 g/mol. The first-order chi connectivity index (χ1) is 8.08. The molecular formula is C13H16FNO2. The Morgan fingerprint density at radius 3 is 2.88 bits per heavy atom. The van der Waals surface area contributed by atoms with E-state index in [1.165, 1.54) is 6.07 Å². The minimum atomic E-state index is -0.595. The van der Waals surface area contributed by atoms with Crippen molar-refractivity contribution >= 4 is 11.6 Å². The number of carbonyl (C=O) groups is 1. The van der Waals surface area contributed by atoms with E-state index in [1.54, 1.807) is 12.1 Å². The summed E-state index contributed by atoms with van der Waals surface area (Å²) in [6.45, 7) is 1.83. The molecule has 0 aromatic heterocycles. The molecule has 1 saturated carbocycles. The van der Waals surface area contributed by atoms with E-state index in [-0.39, 0.29) is 11.6 Å². The Labute approximate surface area is 99.7 Å². The standard InChI is InChI=1S/C13H16FNO2/c1-8-5-6-10(14)11(7-8)15-13(17)9-3-2-4-12(9)16/h5-7,9,12,16H,2-4H2,1H3,(H,15,17). The van der Waals surface area contributed by atoms with Crippen LogP contribution in [0.15, 0.2) is 18.2 Å². The molecule has 1 aliphatic carbocycles. The predicted octanol–water partition coefficient (Wildman–Crippen LogP) is 2.23. The Bertz CT molecular complexity index is 433. The van der Waals surface area contributed by atoms with E-state index in [1.807, 2.05) is 6.92 Å². The first-order valence-electron chi connectivity index (χ1n) is 5.83. The second-order valence-electron chi connectivity index (χ2n) is 4.58. The molecule has 4 heteroatoms. The largest absolute Gasteiger partial charge is 0.392 e. The highest BCUT2D eigenvalue weighted by Crippen LogP contribution is 2.27. The van der Waals surface area contributed by atoms with Crippen molar-refractivity contribution in [3.05, 3.63) is 29.6 Å². The number of hydrogen-bond acceptors (Lipinski definition) is 2. The number of halogens is 1. The van der Waals surface area contributed by atoms with E-state index in [0.717, 1.165) is 12.0 Å². The molecule has 1 aromatic rings. The molecule has 1 amide bonds. The van der Waals surface area contributed by atoms with Crippen molar-refractivity contribution in [3.63, 3.8) is 0 Å². The quantitative estimate of drug-likeness (QED) is 0.828. The van der Waals surface area contributed by atoms with Crippen molar-refractivity contribution in [2.24, 2.45) is 5.92 Å². The van der Waals surface area contributed by atoms with E-state index >= 15 is 0 Å². The third-order valence-electron chi connectivity index (χ3n) is 3.20. The molecule has 0 saturated heterocycles. The van der Waals surface area contributed by atoms with Crippen LogP contribution in [0.2, 0.25) is 0 Å². The molecule has 1 aromatic carbocycles. The van der Waals surface area contributed by atoms with E-state index in [4.69, 9.17) is 0 Å².